The van der Waals surface area contributed by atoms with Crippen molar-refractivity contribution >= 4 is 8.80 Å². The molecule has 0 spiro atoms. The largest absolute Gasteiger partial charge is 0.492 e. The summed E-state index contributed by atoms with van der Waals surface area (Å²) < 4.78 is 0. The Balaban J connectivity index is 3.12. The van der Waals surface area contributed by atoms with Gasteiger partial charge in [0.1, 0.15) is 0 Å². The molecule has 74 valence electrons. The van der Waals surface area contributed by atoms with E-state index >= 15 is 0 Å². The molecule has 0 aliphatic heterocycles. The minimum Gasteiger partial charge on any atom is -0.390 e. The molecular formula is C8H20O3Si. The first-order chi connectivity index (χ1) is 5.42. The van der Waals surface area contributed by atoms with Gasteiger partial charge in [-0.05, 0) is 12.3 Å². The monoisotopic (exact) mass is 192 g/mol. The Kier molecular flexibility index (Phi) is 5.74. The lowest BCUT2D eigenvalue weighted by atomic mass is 10.1. The summed E-state index contributed by atoms with van der Waals surface area (Å²) in [5.74, 6) is 0.712. The Labute approximate surface area is 75.4 Å². The molecule has 3 nitrogen and oxygen atoms in total. The summed E-state index contributed by atoms with van der Waals surface area (Å²) in [6.07, 6.45) is 4.00. The van der Waals surface area contributed by atoms with E-state index in [9.17, 15) is 0 Å². The summed E-state index contributed by atoms with van der Waals surface area (Å²) in [5.41, 5.74) is 0. The number of unbranched alkanes of at least 4 members (excludes halogenated alkanes) is 2. The SMILES string of the molecule is CC(C)CCCCC[Si](O)(O)O. The van der Waals surface area contributed by atoms with Crippen molar-refractivity contribution in [1.82, 2.24) is 0 Å². The van der Waals surface area contributed by atoms with E-state index in [1.165, 1.54) is 6.42 Å². The van der Waals surface area contributed by atoms with E-state index in [1.807, 2.05) is 0 Å². The Bertz CT molecular complexity index is 109. The minimum atomic E-state index is -3.73. The molecule has 0 radical (unpaired) electrons. The maximum atomic E-state index is 8.68. The predicted octanol–water partition coefficient (Wildman–Crippen LogP) is 1.12. The molecule has 0 amide bonds. The van der Waals surface area contributed by atoms with E-state index in [2.05, 4.69) is 13.8 Å². The number of hydrogen-bond acceptors (Lipinski definition) is 3. The van der Waals surface area contributed by atoms with Gasteiger partial charge in [0.05, 0.1) is 0 Å². The molecular weight excluding hydrogens is 172 g/mol. The first-order valence-corrected chi connectivity index (χ1v) is 6.64. The van der Waals surface area contributed by atoms with Gasteiger partial charge < -0.3 is 14.4 Å². The zero-order chi connectivity index (χ0) is 9.61. The van der Waals surface area contributed by atoms with E-state index in [4.69, 9.17) is 14.4 Å². The van der Waals surface area contributed by atoms with E-state index in [0.717, 1.165) is 19.3 Å². The first kappa shape index (κ1) is 12.1. The van der Waals surface area contributed by atoms with Gasteiger partial charge in [-0.2, -0.15) is 0 Å². The molecule has 0 aromatic heterocycles. The summed E-state index contributed by atoms with van der Waals surface area (Å²) in [5, 5.41) is 0. The molecule has 4 heteroatoms. The van der Waals surface area contributed by atoms with Crippen molar-refractivity contribution in [3.63, 3.8) is 0 Å². The van der Waals surface area contributed by atoms with Gasteiger partial charge in [-0.1, -0.05) is 33.1 Å². The van der Waals surface area contributed by atoms with Crippen molar-refractivity contribution in [2.45, 2.75) is 45.6 Å². The topological polar surface area (TPSA) is 60.7 Å². The van der Waals surface area contributed by atoms with Gasteiger partial charge in [-0.25, -0.2) is 0 Å². The average molecular weight is 192 g/mol. The zero-order valence-corrected chi connectivity index (χ0v) is 8.95. The molecule has 0 heterocycles. The summed E-state index contributed by atoms with van der Waals surface area (Å²) in [6, 6.07) is 0.186. The number of hydrogen-bond donors (Lipinski definition) is 3. The highest BCUT2D eigenvalue weighted by Crippen LogP contribution is 2.11. The second kappa shape index (κ2) is 5.69. The van der Waals surface area contributed by atoms with E-state index in [0.29, 0.717) is 5.92 Å². The maximum Gasteiger partial charge on any atom is 0.492 e. The smallest absolute Gasteiger partial charge is 0.390 e. The van der Waals surface area contributed by atoms with Gasteiger partial charge in [0, 0.05) is 6.04 Å². The fourth-order valence-electron chi connectivity index (χ4n) is 1.09. The third-order valence-electron chi connectivity index (χ3n) is 1.79. The molecule has 3 N–H and O–H groups in total. The van der Waals surface area contributed by atoms with Crippen molar-refractivity contribution in [2.24, 2.45) is 5.92 Å². The third-order valence-corrected chi connectivity index (χ3v) is 2.82. The molecule has 0 bridgehead atoms. The van der Waals surface area contributed by atoms with Crippen molar-refractivity contribution in [1.29, 1.82) is 0 Å². The molecule has 0 saturated carbocycles. The molecule has 0 aromatic rings. The van der Waals surface area contributed by atoms with E-state index in [1.54, 1.807) is 0 Å². The third kappa shape index (κ3) is 10.1. The van der Waals surface area contributed by atoms with Crippen molar-refractivity contribution in [3.8, 4) is 0 Å². The first-order valence-electron chi connectivity index (χ1n) is 4.59. The lowest BCUT2D eigenvalue weighted by Gasteiger charge is -2.08. The normalized spacial score (nSPS) is 12.5. The van der Waals surface area contributed by atoms with Gasteiger partial charge in [0.15, 0.2) is 0 Å². The Morgan fingerprint density at radius 2 is 1.58 bits per heavy atom. The van der Waals surface area contributed by atoms with Crippen LogP contribution in [0.25, 0.3) is 0 Å². The average Bonchev–Trinajstić information content (AvgIpc) is 1.83. The molecule has 0 rings (SSSR count). The number of rotatable bonds is 6. The molecule has 0 fully saturated rings. The van der Waals surface area contributed by atoms with Gasteiger partial charge in [0.25, 0.3) is 0 Å². The van der Waals surface area contributed by atoms with Gasteiger partial charge in [-0.15, -0.1) is 0 Å². The van der Waals surface area contributed by atoms with Crippen LogP contribution < -0.4 is 0 Å². The van der Waals surface area contributed by atoms with Gasteiger partial charge in [0.2, 0.25) is 0 Å². The Morgan fingerprint density at radius 1 is 1.00 bits per heavy atom. The second-order valence-corrected chi connectivity index (χ2v) is 5.82. The molecule has 0 aliphatic carbocycles. The van der Waals surface area contributed by atoms with E-state index < -0.39 is 8.80 Å². The van der Waals surface area contributed by atoms with Crippen molar-refractivity contribution in [3.05, 3.63) is 0 Å². The lowest BCUT2D eigenvalue weighted by molar-refractivity contribution is 0.226. The maximum absolute atomic E-state index is 8.68. The fourth-order valence-corrected chi connectivity index (χ4v) is 1.82. The molecule has 12 heavy (non-hydrogen) atoms. The van der Waals surface area contributed by atoms with Crippen LogP contribution in [0.15, 0.2) is 0 Å². The van der Waals surface area contributed by atoms with Crippen LogP contribution in [0.3, 0.4) is 0 Å². The van der Waals surface area contributed by atoms with Crippen LogP contribution in [0.5, 0.6) is 0 Å². The highest BCUT2D eigenvalue weighted by atomic mass is 28.4. The summed E-state index contributed by atoms with van der Waals surface area (Å²) in [6.45, 7) is 4.34. The Morgan fingerprint density at radius 3 is 2.00 bits per heavy atom. The van der Waals surface area contributed by atoms with Crippen LogP contribution in [0, 0.1) is 5.92 Å². The highest BCUT2D eigenvalue weighted by Gasteiger charge is 2.25. The van der Waals surface area contributed by atoms with Crippen LogP contribution in [0.4, 0.5) is 0 Å². The quantitative estimate of drug-likeness (QED) is 0.436. The fraction of sp³-hybridized carbons (Fsp3) is 1.00. The molecule has 0 aromatic carbocycles. The molecule has 0 atom stereocenters. The Hall–Kier alpha value is 0.0969. The molecule has 0 unspecified atom stereocenters. The van der Waals surface area contributed by atoms with Gasteiger partial charge >= 0.3 is 8.80 Å². The zero-order valence-electron chi connectivity index (χ0n) is 7.95. The molecule has 0 saturated heterocycles. The standard InChI is InChI=1S/C8H20O3Si/c1-8(2)6-4-3-5-7-12(9,10)11/h8-11H,3-7H2,1-2H3. The minimum absolute atomic E-state index is 0.186. The van der Waals surface area contributed by atoms with E-state index in [-0.39, 0.29) is 6.04 Å². The predicted molar refractivity (Wildman–Crippen MR) is 50.5 cm³/mol. The second-order valence-electron chi connectivity index (χ2n) is 3.77. The van der Waals surface area contributed by atoms with Crippen LogP contribution in [0.2, 0.25) is 6.04 Å². The van der Waals surface area contributed by atoms with Crippen LogP contribution >= 0.6 is 0 Å². The van der Waals surface area contributed by atoms with Crippen molar-refractivity contribution < 1.29 is 14.4 Å². The lowest BCUT2D eigenvalue weighted by Crippen LogP contribution is -2.33. The van der Waals surface area contributed by atoms with Crippen molar-refractivity contribution in [2.75, 3.05) is 0 Å². The van der Waals surface area contributed by atoms with Gasteiger partial charge in [-0.3, -0.25) is 0 Å². The highest BCUT2D eigenvalue weighted by molar-refractivity contribution is 6.56. The summed E-state index contributed by atoms with van der Waals surface area (Å²) in [7, 11) is -3.73. The summed E-state index contributed by atoms with van der Waals surface area (Å²) in [4.78, 5) is 26.0. The molecule has 0 aliphatic rings. The van der Waals surface area contributed by atoms with Crippen LogP contribution in [-0.4, -0.2) is 23.2 Å². The summed E-state index contributed by atoms with van der Waals surface area (Å²) >= 11 is 0. The van der Waals surface area contributed by atoms with Crippen LogP contribution in [-0.2, 0) is 0 Å². The van der Waals surface area contributed by atoms with Crippen LogP contribution in [0.1, 0.15) is 39.5 Å².